The van der Waals surface area contributed by atoms with Crippen molar-refractivity contribution in [2.24, 2.45) is 11.1 Å². The maximum Gasteiger partial charge on any atom is 0.331 e. The van der Waals surface area contributed by atoms with E-state index in [4.69, 9.17) is 10.6 Å². The van der Waals surface area contributed by atoms with Crippen molar-refractivity contribution in [3.05, 3.63) is 53.1 Å². The number of nitrogen functional groups attached to an aromatic ring is 1. The molecule has 0 aromatic heterocycles. The molecule has 0 amide bonds. The number of fused-ring (bicyclic) bond motifs is 3. The van der Waals surface area contributed by atoms with Gasteiger partial charge in [0.15, 0.2) is 0 Å². The average molecular weight is 489 g/mol. The van der Waals surface area contributed by atoms with Gasteiger partial charge in [-0.15, -0.1) is 0 Å². The maximum atomic E-state index is 11.7. The van der Waals surface area contributed by atoms with Crippen LogP contribution in [0.25, 0.3) is 11.1 Å². The first-order chi connectivity index (χ1) is 17.5. The van der Waals surface area contributed by atoms with Gasteiger partial charge in [0.1, 0.15) is 0 Å². The molecule has 0 atom stereocenters. The molecule has 0 saturated heterocycles. The molecule has 4 heteroatoms. The van der Waals surface area contributed by atoms with E-state index >= 15 is 0 Å². The molecule has 0 unspecified atom stereocenters. The molecular weight excluding hydrogens is 444 g/mol. The Bertz CT molecular complexity index is 1070. The van der Waals surface area contributed by atoms with E-state index in [1.165, 1.54) is 87.0 Å². The molecule has 0 bridgehead atoms. The van der Waals surface area contributed by atoms with Gasteiger partial charge in [0.25, 0.3) is 0 Å². The highest BCUT2D eigenvalue weighted by Gasteiger charge is 2.42. The second-order valence-corrected chi connectivity index (χ2v) is 11.0. The number of nitrogens with two attached hydrogens (primary N) is 1. The van der Waals surface area contributed by atoms with Crippen molar-refractivity contribution in [1.29, 1.82) is 0 Å². The van der Waals surface area contributed by atoms with Crippen molar-refractivity contribution < 1.29 is 9.63 Å². The Labute approximate surface area is 217 Å². The Morgan fingerprint density at radius 3 is 2.25 bits per heavy atom. The molecule has 0 aliphatic heterocycles. The molecule has 4 rings (SSSR count). The third-order valence-electron chi connectivity index (χ3n) is 8.43. The number of rotatable bonds is 11. The first-order valence-electron chi connectivity index (χ1n) is 14.3. The van der Waals surface area contributed by atoms with Crippen molar-refractivity contribution >= 4 is 17.4 Å². The van der Waals surface area contributed by atoms with E-state index in [0.717, 1.165) is 48.6 Å². The fraction of sp³-hybridized carbons (Fsp3) is 0.562. The number of oxime groups is 1. The Hall–Kier alpha value is -2.62. The first-order valence-corrected chi connectivity index (χ1v) is 14.3. The molecule has 0 heterocycles. The third kappa shape index (κ3) is 5.68. The van der Waals surface area contributed by atoms with Crippen molar-refractivity contribution in [3.8, 4) is 11.1 Å². The van der Waals surface area contributed by atoms with Crippen molar-refractivity contribution in [2.75, 3.05) is 5.73 Å². The van der Waals surface area contributed by atoms with E-state index in [-0.39, 0.29) is 11.4 Å². The summed E-state index contributed by atoms with van der Waals surface area (Å²) in [5, 5.41) is 4.39. The van der Waals surface area contributed by atoms with Gasteiger partial charge in [0.2, 0.25) is 0 Å². The highest BCUT2D eigenvalue weighted by atomic mass is 16.7. The molecule has 2 aliphatic carbocycles. The molecule has 1 fully saturated rings. The molecule has 2 N–H and O–H groups in total. The predicted octanol–water partition coefficient (Wildman–Crippen LogP) is 8.54. The lowest BCUT2D eigenvalue weighted by molar-refractivity contribution is -0.140. The molecular formula is C32H44N2O2. The van der Waals surface area contributed by atoms with Gasteiger partial charge in [-0.1, -0.05) is 95.0 Å². The topological polar surface area (TPSA) is 64.7 Å². The smallest absolute Gasteiger partial charge is 0.331 e. The van der Waals surface area contributed by atoms with Gasteiger partial charge in [-0.05, 0) is 77.6 Å². The summed E-state index contributed by atoms with van der Waals surface area (Å²) in [6.07, 6.45) is 15.5. The quantitative estimate of drug-likeness (QED) is 0.149. The summed E-state index contributed by atoms with van der Waals surface area (Å²) >= 11 is 0. The minimum atomic E-state index is -0.366. The molecule has 2 aromatic carbocycles. The molecule has 36 heavy (non-hydrogen) atoms. The zero-order valence-corrected chi connectivity index (χ0v) is 22.6. The molecule has 0 radical (unpaired) electrons. The Morgan fingerprint density at radius 2 is 1.61 bits per heavy atom. The normalized spacial score (nSPS) is 17.0. The minimum Gasteiger partial charge on any atom is -0.399 e. The maximum absolute atomic E-state index is 11.7. The highest BCUT2D eigenvalue weighted by molar-refractivity contribution is 6.02. The lowest BCUT2D eigenvalue weighted by Crippen LogP contribution is -2.26. The summed E-state index contributed by atoms with van der Waals surface area (Å²) in [5.41, 5.74) is 14.5. The SMILES string of the molecule is CCCCC1(CCCC)c2cc(N)ccc2-c2ccc(/C(CCC3CCCCC3)=N\OC(C)=O)cc21. The number of carbonyl (C=O) groups excluding carboxylic acids is 1. The molecule has 194 valence electrons. The van der Waals surface area contributed by atoms with Gasteiger partial charge in [0, 0.05) is 18.0 Å². The molecule has 1 saturated carbocycles. The molecule has 2 aliphatic rings. The first kappa shape index (κ1) is 26.4. The summed E-state index contributed by atoms with van der Waals surface area (Å²) in [4.78, 5) is 16.9. The number of nitrogens with zero attached hydrogens (tertiary/aromatic N) is 1. The standard InChI is InChI=1S/C32H44N2O2/c1-4-6-19-32(20-7-5-2)29-21-25(14-16-27(29)28-17-15-26(33)22-30(28)32)31(34-36-23(3)35)18-13-24-11-9-8-10-12-24/h14-17,21-22,24H,4-13,18-20,33H2,1-3H3/b34-31-. The van der Waals surface area contributed by atoms with E-state index < -0.39 is 0 Å². The number of benzene rings is 2. The van der Waals surface area contributed by atoms with E-state index in [2.05, 4.69) is 49.3 Å². The molecule has 4 nitrogen and oxygen atoms in total. The van der Waals surface area contributed by atoms with Crippen LogP contribution in [0, 0.1) is 5.92 Å². The van der Waals surface area contributed by atoms with Crippen LogP contribution in [0.4, 0.5) is 5.69 Å². The van der Waals surface area contributed by atoms with Gasteiger partial charge in [0.05, 0.1) is 5.71 Å². The monoisotopic (exact) mass is 488 g/mol. The predicted molar refractivity (Wildman–Crippen MR) is 150 cm³/mol. The van der Waals surface area contributed by atoms with Gasteiger partial charge in [-0.25, -0.2) is 4.79 Å². The van der Waals surface area contributed by atoms with Crippen LogP contribution in [-0.4, -0.2) is 11.7 Å². The van der Waals surface area contributed by atoms with E-state index in [1.54, 1.807) is 0 Å². The van der Waals surface area contributed by atoms with Crippen molar-refractivity contribution in [3.63, 3.8) is 0 Å². The van der Waals surface area contributed by atoms with Gasteiger partial charge in [-0.3, -0.25) is 0 Å². The Balaban J connectivity index is 1.76. The second-order valence-electron chi connectivity index (χ2n) is 11.0. The largest absolute Gasteiger partial charge is 0.399 e. The summed E-state index contributed by atoms with van der Waals surface area (Å²) in [6, 6.07) is 13.3. The van der Waals surface area contributed by atoms with Crippen LogP contribution >= 0.6 is 0 Å². The average Bonchev–Trinajstić information content (AvgIpc) is 3.15. The highest BCUT2D eigenvalue weighted by Crippen LogP contribution is 2.54. The molecule has 0 spiro atoms. The van der Waals surface area contributed by atoms with Crippen LogP contribution in [0.1, 0.15) is 121 Å². The van der Waals surface area contributed by atoms with E-state index in [1.807, 2.05) is 6.07 Å². The lowest BCUT2D eigenvalue weighted by atomic mass is 9.70. The zero-order chi connectivity index (χ0) is 25.5. The van der Waals surface area contributed by atoms with Crippen LogP contribution in [0.3, 0.4) is 0 Å². The van der Waals surface area contributed by atoms with E-state index in [0.29, 0.717) is 0 Å². The van der Waals surface area contributed by atoms with Gasteiger partial charge >= 0.3 is 5.97 Å². The number of carbonyl (C=O) groups is 1. The molecule has 2 aromatic rings. The Kier molecular flexibility index (Phi) is 8.87. The summed E-state index contributed by atoms with van der Waals surface area (Å²) in [6.45, 7) is 5.97. The van der Waals surface area contributed by atoms with Crippen LogP contribution in [0.15, 0.2) is 41.6 Å². The number of hydrogen-bond acceptors (Lipinski definition) is 4. The van der Waals surface area contributed by atoms with Crippen LogP contribution in [-0.2, 0) is 15.0 Å². The zero-order valence-electron chi connectivity index (χ0n) is 22.6. The number of anilines is 1. The summed E-state index contributed by atoms with van der Waals surface area (Å²) < 4.78 is 0. The summed E-state index contributed by atoms with van der Waals surface area (Å²) in [5.74, 6) is 0.380. The van der Waals surface area contributed by atoms with Crippen molar-refractivity contribution in [1.82, 2.24) is 0 Å². The summed E-state index contributed by atoms with van der Waals surface area (Å²) in [7, 11) is 0. The Morgan fingerprint density at radius 1 is 0.972 bits per heavy atom. The minimum absolute atomic E-state index is 0.0298. The van der Waals surface area contributed by atoms with Crippen LogP contribution in [0.2, 0.25) is 0 Å². The lowest BCUT2D eigenvalue weighted by Gasteiger charge is -2.33. The number of unbranched alkanes of at least 4 members (excludes halogenated alkanes) is 2. The van der Waals surface area contributed by atoms with Crippen LogP contribution in [0.5, 0.6) is 0 Å². The number of hydrogen-bond donors (Lipinski definition) is 1. The van der Waals surface area contributed by atoms with E-state index in [9.17, 15) is 4.79 Å². The van der Waals surface area contributed by atoms with Crippen LogP contribution < -0.4 is 5.73 Å². The second kappa shape index (κ2) is 12.1. The third-order valence-corrected chi connectivity index (χ3v) is 8.43. The van der Waals surface area contributed by atoms with Crippen molar-refractivity contribution in [2.45, 2.75) is 110 Å². The fourth-order valence-electron chi connectivity index (χ4n) is 6.49. The fourth-order valence-corrected chi connectivity index (χ4v) is 6.49. The van der Waals surface area contributed by atoms with Gasteiger partial charge in [-0.2, -0.15) is 0 Å². The van der Waals surface area contributed by atoms with Gasteiger partial charge < -0.3 is 10.6 Å².